The Morgan fingerprint density at radius 1 is 1.14 bits per heavy atom. The van der Waals surface area contributed by atoms with E-state index in [0.717, 1.165) is 0 Å². The topological polar surface area (TPSA) is 78.0 Å². The highest BCUT2D eigenvalue weighted by atomic mass is 127. The first-order chi connectivity index (χ1) is 12.8. The van der Waals surface area contributed by atoms with Gasteiger partial charge in [0.1, 0.15) is 5.60 Å². The number of nitrogens with one attached hydrogen (secondary N) is 3. The number of hydrogen-bond acceptors (Lipinski definition) is 4. The molecule has 3 N–H and O–H groups in total. The number of nitrogens with zero attached hydrogens (tertiary/aromatic N) is 2. The van der Waals surface area contributed by atoms with Crippen molar-refractivity contribution in [2.75, 3.05) is 32.6 Å². The van der Waals surface area contributed by atoms with E-state index in [-0.39, 0.29) is 24.0 Å². The van der Waals surface area contributed by atoms with Crippen LogP contribution in [0.25, 0.3) is 0 Å². The highest BCUT2D eigenvalue weighted by Crippen LogP contribution is 2.17. The summed E-state index contributed by atoms with van der Waals surface area (Å²) in [6.45, 7) is 12.7. The molecule has 0 aliphatic carbocycles. The number of halogens is 1. The summed E-state index contributed by atoms with van der Waals surface area (Å²) in [5, 5.41) is 9.46. The summed E-state index contributed by atoms with van der Waals surface area (Å²) in [4.78, 5) is 18.4. The summed E-state index contributed by atoms with van der Waals surface area (Å²) in [6, 6.07) is 6.40. The number of aryl methyl sites for hydroxylation is 1. The predicted molar refractivity (Wildman–Crippen MR) is 133 cm³/mol. The molecule has 0 heterocycles. The highest BCUT2D eigenvalue weighted by molar-refractivity contribution is 14.0. The van der Waals surface area contributed by atoms with Gasteiger partial charge in [-0.25, -0.2) is 4.79 Å². The monoisotopic (exact) mass is 519 g/mol. The number of guanidine groups is 1. The normalized spacial score (nSPS) is 12.0. The summed E-state index contributed by atoms with van der Waals surface area (Å²) < 4.78 is 5.32. The molecule has 1 aromatic rings. The number of benzene rings is 1. The molecule has 0 unspecified atom stereocenters. The van der Waals surface area contributed by atoms with Crippen LogP contribution in [0.4, 0.5) is 10.5 Å². The lowest BCUT2D eigenvalue weighted by Gasteiger charge is -2.29. The van der Waals surface area contributed by atoms with Gasteiger partial charge < -0.3 is 25.6 Å². The summed E-state index contributed by atoms with van der Waals surface area (Å²) in [7, 11) is 5.79. The van der Waals surface area contributed by atoms with Crippen LogP contribution in [0.3, 0.4) is 0 Å². The maximum atomic E-state index is 12.0. The molecule has 166 valence electrons. The molecule has 0 spiro atoms. The third-order valence-corrected chi connectivity index (χ3v) is 4.05. The molecule has 0 aliphatic rings. The molecule has 29 heavy (non-hydrogen) atoms. The Labute approximate surface area is 193 Å². The van der Waals surface area contributed by atoms with Crippen molar-refractivity contribution in [3.8, 4) is 0 Å². The van der Waals surface area contributed by atoms with Gasteiger partial charge in [-0.2, -0.15) is 0 Å². The molecule has 0 saturated carbocycles. The van der Waals surface area contributed by atoms with Crippen molar-refractivity contribution in [1.29, 1.82) is 0 Å². The van der Waals surface area contributed by atoms with Crippen LogP contribution in [0.15, 0.2) is 23.2 Å². The van der Waals surface area contributed by atoms with Crippen molar-refractivity contribution < 1.29 is 9.53 Å². The summed E-state index contributed by atoms with van der Waals surface area (Å²) in [5.41, 5.74) is 2.59. The maximum Gasteiger partial charge on any atom is 0.408 e. The second-order valence-electron chi connectivity index (χ2n) is 8.80. The van der Waals surface area contributed by atoms with Crippen molar-refractivity contribution in [3.05, 3.63) is 29.3 Å². The number of carbonyl (C=O) groups excluding carboxylic acids is 1. The molecule has 8 heteroatoms. The molecule has 0 aliphatic heterocycles. The lowest BCUT2D eigenvalue weighted by atomic mass is 10.1. The molecule has 1 rings (SSSR count). The zero-order valence-corrected chi connectivity index (χ0v) is 21.6. The van der Waals surface area contributed by atoms with Gasteiger partial charge in [-0.3, -0.25) is 4.99 Å². The number of ether oxygens (including phenoxy) is 1. The van der Waals surface area contributed by atoms with Gasteiger partial charge in [-0.1, -0.05) is 6.07 Å². The lowest BCUT2D eigenvalue weighted by Crippen LogP contribution is -2.54. The molecule has 0 bridgehead atoms. The van der Waals surface area contributed by atoms with Crippen molar-refractivity contribution in [1.82, 2.24) is 16.0 Å². The molecule has 0 saturated heterocycles. The largest absolute Gasteiger partial charge is 0.444 e. The van der Waals surface area contributed by atoms with E-state index in [1.807, 2.05) is 48.7 Å². The standard InChI is InChI=1S/C21H37N5O2.HI/c1-15-12-17(26(8)9)11-10-16(15)13-23-18(22-7)24-14-21(5,6)25-19(27)28-20(2,3)4;/h10-12H,13-14H2,1-9H3,(H,25,27)(H2,22,23,24);1H. The van der Waals surface area contributed by atoms with Gasteiger partial charge in [0.2, 0.25) is 0 Å². The molecular weight excluding hydrogens is 481 g/mol. The molecule has 1 aromatic carbocycles. The number of amides is 1. The first-order valence-electron chi connectivity index (χ1n) is 9.55. The Morgan fingerprint density at radius 3 is 2.24 bits per heavy atom. The Balaban J connectivity index is 0.00000784. The van der Waals surface area contributed by atoms with Crippen LogP contribution in [0.5, 0.6) is 0 Å². The van der Waals surface area contributed by atoms with Gasteiger partial charge in [-0.05, 0) is 64.8 Å². The maximum absolute atomic E-state index is 12.0. The van der Waals surface area contributed by atoms with Crippen molar-refractivity contribution >= 4 is 41.7 Å². The van der Waals surface area contributed by atoms with Crippen LogP contribution in [0.1, 0.15) is 45.7 Å². The molecule has 0 atom stereocenters. The Kier molecular flexibility index (Phi) is 10.8. The van der Waals surface area contributed by atoms with E-state index in [2.05, 4.69) is 51.0 Å². The minimum Gasteiger partial charge on any atom is -0.444 e. The fraction of sp³-hybridized carbons (Fsp3) is 0.619. The first-order valence-corrected chi connectivity index (χ1v) is 9.55. The van der Waals surface area contributed by atoms with Crippen LogP contribution in [-0.2, 0) is 11.3 Å². The van der Waals surface area contributed by atoms with Gasteiger partial charge in [0.05, 0.1) is 5.54 Å². The van der Waals surface area contributed by atoms with Crippen LogP contribution >= 0.6 is 24.0 Å². The van der Waals surface area contributed by atoms with Crippen LogP contribution in [0, 0.1) is 6.92 Å². The number of carbonyl (C=O) groups is 1. The van der Waals surface area contributed by atoms with Crippen LogP contribution in [0.2, 0.25) is 0 Å². The van der Waals surface area contributed by atoms with Crippen molar-refractivity contribution in [2.45, 2.75) is 59.2 Å². The molecule has 0 radical (unpaired) electrons. The number of anilines is 1. The summed E-state index contributed by atoms with van der Waals surface area (Å²) in [6.07, 6.45) is -0.432. The minimum absolute atomic E-state index is 0. The molecule has 0 fully saturated rings. The Morgan fingerprint density at radius 2 is 1.76 bits per heavy atom. The number of alkyl carbamates (subject to hydrolysis) is 1. The Hall–Kier alpha value is -1.71. The third-order valence-electron chi connectivity index (χ3n) is 4.05. The highest BCUT2D eigenvalue weighted by Gasteiger charge is 2.24. The first kappa shape index (κ1) is 27.3. The van der Waals surface area contributed by atoms with Gasteiger partial charge in [-0.15, -0.1) is 24.0 Å². The third kappa shape index (κ3) is 10.6. The zero-order valence-electron chi connectivity index (χ0n) is 19.3. The average molecular weight is 519 g/mol. The fourth-order valence-corrected chi connectivity index (χ4v) is 2.48. The van der Waals surface area contributed by atoms with Gasteiger partial charge in [0, 0.05) is 39.9 Å². The zero-order chi connectivity index (χ0) is 21.5. The van der Waals surface area contributed by atoms with E-state index in [1.165, 1.54) is 16.8 Å². The number of hydrogen-bond donors (Lipinski definition) is 3. The van der Waals surface area contributed by atoms with Crippen molar-refractivity contribution in [3.63, 3.8) is 0 Å². The smallest absolute Gasteiger partial charge is 0.408 e. The molecule has 0 aromatic heterocycles. The van der Waals surface area contributed by atoms with Crippen LogP contribution in [-0.4, -0.2) is 50.9 Å². The summed E-state index contributed by atoms with van der Waals surface area (Å²) >= 11 is 0. The second kappa shape index (κ2) is 11.5. The number of rotatable bonds is 6. The second-order valence-corrected chi connectivity index (χ2v) is 8.80. The van der Waals surface area contributed by atoms with E-state index in [0.29, 0.717) is 19.0 Å². The SMILES string of the molecule is CN=C(NCc1ccc(N(C)C)cc1C)NCC(C)(C)NC(=O)OC(C)(C)C.I. The van der Waals surface area contributed by atoms with E-state index >= 15 is 0 Å². The molecular formula is C21H38IN5O2. The Bertz CT molecular complexity index is 697. The average Bonchev–Trinajstić information content (AvgIpc) is 2.53. The van der Waals surface area contributed by atoms with Crippen molar-refractivity contribution in [2.24, 2.45) is 4.99 Å². The predicted octanol–water partition coefficient (Wildman–Crippen LogP) is 3.65. The van der Waals surface area contributed by atoms with E-state index in [9.17, 15) is 4.79 Å². The van der Waals surface area contributed by atoms with Gasteiger partial charge in [0.15, 0.2) is 5.96 Å². The summed E-state index contributed by atoms with van der Waals surface area (Å²) in [5.74, 6) is 0.676. The minimum atomic E-state index is -0.523. The van der Waals surface area contributed by atoms with E-state index in [1.54, 1.807) is 7.05 Å². The van der Waals surface area contributed by atoms with Gasteiger partial charge >= 0.3 is 6.09 Å². The van der Waals surface area contributed by atoms with E-state index < -0.39 is 17.2 Å². The fourth-order valence-electron chi connectivity index (χ4n) is 2.48. The van der Waals surface area contributed by atoms with Crippen LogP contribution < -0.4 is 20.9 Å². The molecule has 1 amide bonds. The quantitative estimate of drug-likeness (QED) is 0.304. The molecule has 7 nitrogen and oxygen atoms in total. The lowest BCUT2D eigenvalue weighted by molar-refractivity contribution is 0.0474. The van der Waals surface area contributed by atoms with Gasteiger partial charge in [0.25, 0.3) is 0 Å². The van der Waals surface area contributed by atoms with E-state index in [4.69, 9.17) is 4.74 Å². The number of aliphatic imine (C=N–C) groups is 1.